The minimum Gasteiger partial charge on any atom is -0.329 e. The van der Waals surface area contributed by atoms with E-state index in [1.54, 1.807) is 0 Å². The van der Waals surface area contributed by atoms with E-state index in [1.165, 1.54) is 0 Å². The van der Waals surface area contributed by atoms with Crippen molar-refractivity contribution < 1.29 is 4.79 Å². The van der Waals surface area contributed by atoms with Crippen molar-refractivity contribution in [3.05, 3.63) is 0 Å². The van der Waals surface area contributed by atoms with Gasteiger partial charge in [0.25, 0.3) is 0 Å². The molecule has 0 bridgehead atoms. The van der Waals surface area contributed by atoms with Gasteiger partial charge in [0, 0.05) is 6.54 Å². The van der Waals surface area contributed by atoms with E-state index in [2.05, 4.69) is 5.43 Å². The molecule has 0 radical (unpaired) electrons. The maximum Gasteiger partial charge on any atom is 0.241 e. The number of rotatable bonds is 2. The molecule has 9 heavy (non-hydrogen) atoms. The Labute approximate surface area is 53.6 Å². The third-order valence-corrected chi connectivity index (χ3v) is 1.86. The van der Waals surface area contributed by atoms with Crippen LogP contribution in [0.4, 0.5) is 0 Å². The summed E-state index contributed by atoms with van der Waals surface area (Å²) in [7, 11) is 0. The number of carbonyl (C=O) groups is 1. The molecular formula is C5H11N3O. The van der Waals surface area contributed by atoms with E-state index < -0.39 is 0 Å². The van der Waals surface area contributed by atoms with Crippen LogP contribution < -0.4 is 17.0 Å². The molecule has 0 aliphatic heterocycles. The molecule has 0 heterocycles. The van der Waals surface area contributed by atoms with Crippen molar-refractivity contribution in [3.63, 3.8) is 0 Å². The Balaban J connectivity index is 2.49. The van der Waals surface area contributed by atoms with Crippen molar-refractivity contribution in [2.24, 2.45) is 17.0 Å². The standard InChI is InChI=1S/C5H11N3O/c6-3-5(1-2-5)4(9)8-7/h1-3,6-7H2,(H,8,9). The van der Waals surface area contributed by atoms with Crippen LogP contribution in [0.2, 0.25) is 0 Å². The number of nitrogens with two attached hydrogens (primary N) is 2. The summed E-state index contributed by atoms with van der Waals surface area (Å²) < 4.78 is 0. The van der Waals surface area contributed by atoms with Gasteiger partial charge in [-0.25, -0.2) is 5.84 Å². The zero-order chi connectivity index (χ0) is 6.91. The van der Waals surface area contributed by atoms with Crippen molar-refractivity contribution in [3.8, 4) is 0 Å². The summed E-state index contributed by atoms with van der Waals surface area (Å²) in [4.78, 5) is 10.8. The topological polar surface area (TPSA) is 81.1 Å². The zero-order valence-electron chi connectivity index (χ0n) is 5.18. The summed E-state index contributed by atoms with van der Waals surface area (Å²) in [6, 6.07) is 0. The second-order valence-corrected chi connectivity index (χ2v) is 2.46. The molecule has 5 N–H and O–H groups in total. The average Bonchev–Trinajstić information content (AvgIpc) is 2.66. The molecule has 0 spiro atoms. The Morgan fingerprint density at radius 3 is 2.33 bits per heavy atom. The number of hydrogen-bond acceptors (Lipinski definition) is 3. The van der Waals surface area contributed by atoms with Crippen LogP contribution in [0.3, 0.4) is 0 Å². The predicted molar refractivity (Wildman–Crippen MR) is 33.1 cm³/mol. The summed E-state index contributed by atoms with van der Waals surface area (Å²) in [5.74, 6) is 4.80. The van der Waals surface area contributed by atoms with Crippen LogP contribution in [0.1, 0.15) is 12.8 Å². The highest BCUT2D eigenvalue weighted by atomic mass is 16.2. The zero-order valence-corrected chi connectivity index (χ0v) is 5.18. The predicted octanol–water partition coefficient (Wildman–Crippen LogP) is -1.28. The summed E-state index contributed by atoms with van der Waals surface area (Å²) in [5.41, 5.74) is 7.13. The summed E-state index contributed by atoms with van der Waals surface area (Å²) >= 11 is 0. The van der Waals surface area contributed by atoms with E-state index in [-0.39, 0.29) is 11.3 Å². The first-order chi connectivity index (χ1) is 4.25. The molecule has 52 valence electrons. The Kier molecular flexibility index (Phi) is 1.42. The van der Waals surface area contributed by atoms with Crippen LogP contribution >= 0.6 is 0 Å². The lowest BCUT2D eigenvalue weighted by Gasteiger charge is -2.07. The normalized spacial score (nSPS) is 21.1. The molecule has 1 amide bonds. The molecule has 0 aromatic heterocycles. The van der Waals surface area contributed by atoms with Gasteiger partial charge in [-0.15, -0.1) is 0 Å². The van der Waals surface area contributed by atoms with Gasteiger partial charge in [0.05, 0.1) is 5.41 Å². The first-order valence-electron chi connectivity index (χ1n) is 2.96. The van der Waals surface area contributed by atoms with Crippen LogP contribution in [-0.2, 0) is 4.79 Å². The van der Waals surface area contributed by atoms with E-state index in [9.17, 15) is 4.79 Å². The maximum atomic E-state index is 10.8. The quantitative estimate of drug-likeness (QED) is 0.246. The van der Waals surface area contributed by atoms with Gasteiger partial charge >= 0.3 is 0 Å². The van der Waals surface area contributed by atoms with Crippen molar-refractivity contribution in [1.29, 1.82) is 0 Å². The highest BCUT2D eigenvalue weighted by Gasteiger charge is 2.48. The highest BCUT2D eigenvalue weighted by Crippen LogP contribution is 2.44. The number of amides is 1. The Hall–Kier alpha value is -0.610. The van der Waals surface area contributed by atoms with Gasteiger partial charge in [-0.1, -0.05) is 0 Å². The van der Waals surface area contributed by atoms with Crippen LogP contribution in [0, 0.1) is 5.41 Å². The smallest absolute Gasteiger partial charge is 0.241 e. The summed E-state index contributed by atoms with van der Waals surface area (Å²) in [6.07, 6.45) is 1.76. The van der Waals surface area contributed by atoms with Crippen LogP contribution in [0.5, 0.6) is 0 Å². The lowest BCUT2D eigenvalue weighted by Crippen LogP contribution is -2.40. The summed E-state index contributed by atoms with van der Waals surface area (Å²) in [6.45, 7) is 0.413. The van der Waals surface area contributed by atoms with Crippen LogP contribution in [0.15, 0.2) is 0 Å². The molecule has 4 heteroatoms. The molecule has 0 aromatic rings. The second-order valence-electron chi connectivity index (χ2n) is 2.46. The van der Waals surface area contributed by atoms with Gasteiger partial charge < -0.3 is 5.73 Å². The molecule has 4 nitrogen and oxygen atoms in total. The van der Waals surface area contributed by atoms with Gasteiger partial charge in [0.15, 0.2) is 0 Å². The maximum absolute atomic E-state index is 10.8. The Morgan fingerprint density at radius 1 is 1.67 bits per heavy atom. The molecule has 0 saturated heterocycles. The van der Waals surface area contributed by atoms with E-state index >= 15 is 0 Å². The molecule has 1 saturated carbocycles. The van der Waals surface area contributed by atoms with Crippen LogP contribution in [-0.4, -0.2) is 12.5 Å². The van der Waals surface area contributed by atoms with E-state index in [0.29, 0.717) is 6.54 Å². The summed E-state index contributed by atoms with van der Waals surface area (Å²) in [5, 5.41) is 0. The van der Waals surface area contributed by atoms with E-state index in [4.69, 9.17) is 11.6 Å². The molecule has 1 aliphatic rings. The van der Waals surface area contributed by atoms with E-state index in [0.717, 1.165) is 12.8 Å². The first kappa shape index (κ1) is 6.51. The second kappa shape index (κ2) is 1.97. The fourth-order valence-corrected chi connectivity index (χ4v) is 0.828. The molecule has 1 rings (SSSR count). The van der Waals surface area contributed by atoms with E-state index in [1.807, 2.05) is 0 Å². The third-order valence-electron chi connectivity index (χ3n) is 1.86. The molecular weight excluding hydrogens is 118 g/mol. The van der Waals surface area contributed by atoms with Crippen molar-refractivity contribution >= 4 is 5.91 Å². The number of hydrogen-bond donors (Lipinski definition) is 3. The minimum absolute atomic E-state index is 0.120. The van der Waals surface area contributed by atoms with Crippen molar-refractivity contribution in [2.75, 3.05) is 6.54 Å². The molecule has 1 aliphatic carbocycles. The Morgan fingerprint density at radius 2 is 2.22 bits per heavy atom. The third kappa shape index (κ3) is 0.906. The highest BCUT2D eigenvalue weighted by molar-refractivity contribution is 5.84. The van der Waals surface area contributed by atoms with Crippen molar-refractivity contribution in [1.82, 2.24) is 5.43 Å². The lowest BCUT2D eigenvalue weighted by atomic mass is 10.1. The monoisotopic (exact) mass is 129 g/mol. The SMILES string of the molecule is NCC1(C(=O)NN)CC1. The molecule has 0 aromatic carbocycles. The Bertz CT molecular complexity index is 130. The van der Waals surface area contributed by atoms with Gasteiger partial charge in [-0.05, 0) is 12.8 Å². The van der Waals surface area contributed by atoms with Gasteiger partial charge in [0.2, 0.25) is 5.91 Å². The minimum atomic E-state index is -0.297. The first-order valence-corrected chi connectivity index (χ1v) is 2.96. The average molecular weight is 129 g/mol. The number of carbonyl (C=O) groups excluding carboxylic acids is 1. The fourth-order valence-electron chi connectivity index (χ4n) is 0.828. The van der Waals surface area contributed by atoms with Gasteiger partial charge in [-0.2, -0.15) is 0 Å². The molecule has 0 unspecified atom stereocenters. The van der Waals surface area contributed by atoms with Crippen LogP contribution in [0.25, 0.3) is 0 Å². The molecule has 0 atom stereocenters. The van der Waals surface area contributed by atoms with Gasteiger partial charge in [0.1, 0.15) is 0 Å². The molecule has 1 fully saturated rings. The lowest BCUT2D eigenvalue weighted by molar-refractivity contribution is -0.126. The largest absolute Gasteiger partial charge is 0.329 e. The fraction of sp³-hybridized carbons (Fsp3) is 0.800. The van der Waals surface area contributed by atoms with Gasteiger partial charge in [-0.3, -0.25) is 10.2 Å². The number of hydrazine groups is 1. The number of nitrogens with one attached hydrogen (secondary N) is 1. The van der Waals surface area contributed by atoms with Crippen molar-refractivity contribution in [2.45, 2.75) is 12.8 Å².